The molecule has 0 bridgehead atoms. The molecule has 2 saturated heterocycles. The first-order valence-electron chi connectivity index (χ1n) is 7.59. The molecule has 2 aliphatic heterocycles. The van der Waals surface area contributed by atoms with Crippen molar-refractivity contribution in [3.05, 3.63) is 21.3 Å². The standard InChI is InChI=1S/C15H19ClN2O3S/c1-2-11-9-18(15(20)21-11)10-3-6-17(7-4-10)14(19)13-12(16)5-8-22-13/h5,8,10-11H,2-4,6-7,9H2,1H3. The molecule has 2 fully saturated rings. The van der Waals surface area contributed by atoms with Crippen LogP contribution in [0, 0.1) is 0 Å². The molecule has 0 radical (unpaired) electrons. The minimum Gasteiger partial charge on any atom is -0.444 e. The molecule has 2 amide bonds. The number of cyclic esters (lactones) is 1. The lowest BCUT2D eigenvalue weighted by molar-refractivity contribution is 0.0663. The second-order valence-electron chi connectivity index (χ2n) is 5.69. The molecule has 22 heavy (non-hydrogen) atoms. The van der Waals surface area contributed by atoms with Crippen LogP contribution in [-0.4, -0.2) is 53.6 Å². The average Bonchev–Trinajstić information content (AvgIpc) is 3.12. The molecule has 3 heterocycles. The molecule has 5 nitrogen and oxygen atoms in total. The van der Waals surface area contributed by atoms with Crippen molar-refractivity contribution in [1.29, 1.82) is 0 Å². The van der Waals surface area contributed by atoms with E-state index in [1.54, 1.807) is 6.07 Å². The summed E-state index contributed by atoms with van der Waals surface area (Å²) in [6.45, 7) is 3.99. The smallest absolute Gasteiger partial charge is 0.410 e. The summed E-state index contributed by atoms with van der Waals surface area (Å²) in [6, 6.07) is 1.92. The van der Waals surface area contributed by atoms with Gasteiger partial charge in [-0.3, -0.25) is 4.79 Å². The van der Waals surface area contributed by atoms with Crippen molar-refractivity contribution in [2.75, 3.05) is 19.6 Å². The number of hydrogen-bond donors (Lipinski definition) is 0. The SMILES string of the molecule is CCC1CN(C2CCN(C(=O)c3sccc3Cl)CC2)C(=O)O1. The van der Waals surface area contributed by atoms with E-state index in [0.717, 1.165) is 19.3 Å². The molecule has 2 aliphatic rings. The van der Waals surface area contributed by atoms with E-state index in [4.69, 9.17) is 16.3 Å². The van der Waals surface area contributed by atoms with Gasteiger partial charge >= 0.3 is 6.09 Å². The number of ether oxygens (including phenoxy) is 1. The predicted octanol–water partition coefficient (Wildman–Crippen LogP) is 3.24. The number of hydrogen-bond acceptors (Lipinski definition) is 4. The summed E-state index contributed by atoms with van der Waals surface area (Å²) >= 11 is 7.40. The van der Waals surface area contributed by atoms with Crippen molar-refractivity contribution < 1.29 is 14.3 Å². The Morgan fingerprint density at radius 3 is 2.73 bits per heavy atom. The van der Waals surface area contributed by atoms with Crippen LogP contribution in [0.4, 0.5) is 4.79 Å². The highest BCUT2D eigenvalue weighted by molar-refractivity contribution is 7.12. The Bertz CT molecular complexity index is 569. The normalized spacial score (nSPS) is 23.0. The van der Waals surface area contributed by atoms with E-state index in [9.17, 15) is 9.59 Å². The zero-order chi connectivity index (χ0) is 15.7. The van der Waals surface area contributed by atoms with Crippen molar-refractivity contribution >= 4 is 34.9 Å². The van der Waals surface area contributed by atoms with Crippen molar-refractivity contribution in [2.45, 2.75) is 38.3 Å². The number of piperidine rings is 1. The summed E-state index contributed by atoms with van der Waals surface area (Å²) in [6.07, 6.45) is 2.23. The first kappa shape index (κ1) is 15.6. The van der Waals surface area contributed by atoms with E-state index in [0.29, 0.717) is 29.5 Å². The van der Waals surface area contributed by atoms with Gasteiger partial charge in [0.15, 0.2) is 0 Å². The molecular weight excluding hydrogens is 324 g/mol. The van der Waals surface area contributed by atoms with Crippen LogP contribution in [0.3, 0.4) is 0 Å². The summed E-state index contributed by atoms with van der Waals surface area (Å²) < 4.78 is 5.32. The van der Waals surface area contributed by atoms with E-state index in [1.807, 2.05) is 22.1 Å². The van der Waals surface area contributed by atoms with Crippen molar-refractivity contribution in [1.82, 2.24) is 9.80 Å². The van der Waals surface area contributed by atoms with Crippen molar-refractivity contribution in [2.24, 2.45) is 0 Å². The second-order valence-corrected chi connectivity index (χ2v) is 7.01. The van der Waals surface area contributed by atoms with Gasteiger partial charge in [0.2, 0.25) is 0 Å². The van der Waals surface area contributed by atoms with Crippen LogP contribution in [0.5, 0.6) is 0 Å². The number of thiophene rings is 1. The maximum absolute atomic E-state index is 12.4. The molecule has 1 aromatic rings. The number of likely N-dealkylation sites (tertiary alicyclic amines) is 1. The molecular formula is C15H19ClN2O3S. The van der Waals surface area contributed by atoms with Gasteiger partial charge in [-0.25, -0.2) is 4.79 Å². The zero-order valence-electron chi connectivity index (χ0n) is 12.5. The van der Waals surface area contributed by atoms with E-state index < -0.39 is 0 Å². The van der Waals surface area contributed by atoms with Crippen molar-refractivity contribution in [3.63, 3.8) is 0 Å². The van der Waals surface area contributed by atoms with Crippen LogP contribution in [0.25, 0.3) is 0 Å². The Labute approximate surface area is 138 Å². The third-order valence-corrected chi connectivity index (χ3v) is 5.69. The monoisotopic (exact) mass is 342 g/mol. The number of rotatable bonds is 3. The van der Waals surface area contributed by atoms with Crippen LogP contribution in [-0.2, 0) is 4.74 Å². The Balaban J connectivity index is 1.58. The van der Waals surface area contributed by atoms with E-state index in [1.165, 1.54) is 11.3 Å². The predicted molar refractivity (Wildman–Crippen MR) is 85.5 cm³/mol. The third-order valence-electron chi connectivity index (χ3n) is 4.36. The fourth-order valence-electron chi connectivity index (χ4n) is 3.02. The van der Waals surface area contributed by atoms with Crippen LogP contribution in [0.15, 0.2) is 11.4 Å². The van der Waals surface area contributed by atoms with E-state index >= 15 is 0 Å². The topological polar surface area (TPSA) is 49.9 Å². The average molecular weight is 343 g/mol. The summed E-state index contributed by atoms with van der Waals surface area (Å²) in [4.78, 5) is 28.6. The van der Waals surface area contributed by atoms with Gasteiger partial charge in [0, 0.05) is 19.1 Å². The maximum Gasteiger partial charge on any atom is 0.410 e. The Morgan fingerprint density at radius 2 is 2.18 bits per heavy atom. The Hall–Kier alpha value is -1.27. The van der Waals surface area contributed by atoms with E-state index in [-0.39, 0.29) is 24.1 Å². The highest BCUT2D eigenvalue weighted by Crippen LogP contribution is 2.27. The fourth-order valence-corrected chi connectivity index (χ4v) is 4.13. The number of carbonyl (C=O) groups is 2. The van der Waals surface area contributed by atoms with Gasteiger partial charge in [0.05, 0.1) is 11.6 Å². The van der Waals surface area contributed by atoms with Gasteiger partial charge in [-0.05, 0) is 30.7 Å². The highest BCUT2D eigenvalue weighted by Gasteiger charge is 2.37. The third kappa shape index (κ3) is 2.94. The lowest BCUT2D eigenvalue weighted by atomic mass is 10.0. The highest BCUT2D eigenvalue weighted by atomic mass is 35.5. The largest absolute Gasteiger partial charge is 0.444 e. The van der Waals surface area contributed by atoms with Gasteiger partial charge in [0.25, 0.3) is 5.91 Å². The zero-order valence-corrected chi connectivity index (χ0v) is 14.0. The van der Waals surface area contributed by atoms with Crippen molar-refractivity contribution in [3.8, 4) is 0 Å². The Kier molecular flexibility index (Phi) is 4.59. The summed E-state index contributed by atoms with van der Waals surface area (Å²) in [5.41, 5.74) is 0. The van der Waals surface area contributed by atoms with Crippen LogP contribution in [0.2, 0.25) is 5.02 Å². The molecule has 0 saturated carbocycles. The molecule has 1 unspecified atom stereocenters. The molecule has 7 heteroatoms. The maximum atomic E-state index is 12.4. The van der Waals surface area contributed by atoms with Gasteiger partial charge in [-0.15, -0.1) is 11.3 Å². The Morgan fingerprint density at radius 1 is 1.45 bits per heavy atom. The molecule has 3 rings (SSSR count). The molecule has 0 aromatic carbocycles. The number of amides is 2. The molecule has 120 valence electrons. The molecule has 0 spiro atoms. The van der Waals surface area contributed by atoms with Gasteiger partial charge in [-0.1, -0.05) is 18.5 Å². The lowest BCUT2D eigenvalue weighted by Gasteiger charge is -2.35. The van der Waals surface area contributed by atoms with Gasteiger partial charge < -0.3 is 14.5 Å². The quantitative estimate of drug-likeness (QED) is 0.847. The fraction of sp³-hybridized carbons (Fsp3) is 0.600. The van der Waals surface area contributed by atoms with Gasteiger partial charge in [0.1, 0.15) is 11.0 Å². The molecule has 1 atom stereocenters. The minimum absolute atomic E-state index is 0.00566. The lowest BCUT2D eigenvalue weighted by Crippen LogP contribution is -2.47. The first-order chi connectivity index (χ1) is 10.6. The minimum atomic E-state index is -0.210. The molecule has 0 aliphatic carbocycles. The summed E-state index contributed by atoms with van der Waals surface area (Å²) in [7, 11) is 0. The van der Waals surface area contributed by atoms with Crippen LogP contribution >= 0.6 is 22.9 Å². The number of carbonyl (C=O) groups excluding carboxylic acids is 2. The summed E-state index contributed by atoms with van der Waals surface area (Å²) in [5.74, 6) is -0.00566. The van der Waals surface area contributed by atoms with Crippen LogP contribution in [0.1, 0.15) is 35.9 Å². The molecule has 1 aromatic heterocycles. The molecule has 0 N–H and O–H groups in total. The first-order valence-corrected chi connectivity index (χ1v) is 8.85. The number of nitrogens with zero attached hydrogens (tertiary/aromatic N) is 2. The van der Waals surface area contributed by atoms with Gasteiger partial charge in [-0.2, -0.15) is 0 Å². The number of halogens is 1. The summed E-state index contributed by atoms with van der Waals surface area (Å²) in [5, 5.41) is 2.35. The van der Waals surface area contributed by atoms with E-state index in [2.05, 4.69) is 0 Å². The second kappa shape index (κ2) is 6.46. The van der Waals surface area contributed by atoms with Crippen LogP contribution < -0.4 is 0 Å².